The average molecular weight is 379 g/mol. The lowest BCUT2D eigenvalue weighted by atomic mass is 10.1. The Balaban J connectivity index is 1.54. The van der Waals surface area contributed by atoms with Gasteiger partial charge in [-0.15, -0.1) is 5.10 Å². The fourth-order valence-electron chi connectivity index (χ4n) is 2.84. The molecule has 2 heterocycles. The van der Waals surface area contributed by atoms with E-state index in [9.17, 15) is 0 Å². The van der Waals surface area contributed by atoms with E-state index in [1.165, 1.54) is 5.56 Å². The molecule has 2 aromatic carbocycles. The summed E-state index contributed by atoms with van der Waals surface area (Å²) in [5, 5.41) is 11.8. The topological polar surface area (TPSA) is 67.1 Å². The quantitative estimate of drug-likeness (QED) is 0.517. The summed E-state index contributed by atoms with van der Waals surface area (Å²) in [6.07, 6.45) is 0.923. The number of fused-ring (bicyclic) bond motifs is 1. The maximum absolute atomic E-state index is 6.04. The van der Waals surface area contributed by atoms with E-state index in [2.05, 4.69) is 50.0 Å². The van der Waals surface area contributed by atoms with Crippen LogP contribution in [0.3, 0.4) is 0 Å². The van der Waals surface area contributed by atoms with E-state index in [1.807, 2.05) is 43.3 Å². The van der Waals surface area contributed by atoms with Gasteiger partial charge in [0.1, 0.15) is 5.82 Å². The van der Waals surface area contributed by atoms with Crippen molar-refractivity contribution in [1.82, 2.24) is 19.6 Å². The van der Waals surface area contributed by atoms with Crippen LogP contribution in [0.1, 0.15) is 11.3 Å². The molecule has 4 aromatic rings. The van der Waals surface area contributed by atoms with Crippen LogP contribution in [0.5, 0.6) is 0 Å². The third-order valence-corrected chi connectivity index (χ3v) is 4.32. The first-order valence-electron chi connectivity index (χ1n) is 8.72. The summed E-state index contributed by atoms with van der Waals surface area (Å²) in [6, 6.07) is 19.8. The summed E-state index contributed by atoms with van der Waals surface area (Å²) >= 11 is 6.04. The SMILES string of the molecule is Cc1cc(NCCc2ccccc2)n2nc(Nc3cccc(Cl)c3)nc2n1. The Morgan fingerprint density at radius 1 is 1.00 bits per heavy atom. The van der Waals surface area contributed by atoms with E-state index < -0.39 is 0 Å². The number of nitrogens with one attached hydrogen (secondary N) is 2. The lowest BCUT2D eigenvalue weighted by Crippen LogP contribution is -2.10. The minimum atomic E-state index is 0.474. The highest BCUT2D eigenvalue weighted by Gasteiger charge is 2.10. The highest BCUT2D eigenvalue weighted by molar-refractivity contribution is 6.30. The van der Waals surface area contributed by atoms with Crippen molar-refractivity contribution in [3.05, 3.63) is 76.9 Å². The van der Waals surface area contributed by atoms with Crippen LogP contribution in [0.2, 0.25) is 5.02 Å². The van der Waals surface area contributed by atoms with Crippen LogP contribution in [-0.2, 0) is 6.42 Å². The van der Waals surface area contributed by atoms with Crippen LogP contribution in [0.25, 0.3) is 5.78 Å². The summed E-state index contributed by atoms with van der Waals surface area (Å²) < 4.78 is 1.71. The Labute approximate surface area is 162 Å². The van der Waals surface area contributed by atoms with Gasteiger partial charge in [-0.2, -0.15) is 9.50 Å². The van der Waals surface area contributed by atoms with Gasteiger partial charge in [0, 0.05) is 29.0 Å². The van der Waals surface area contributed by atoms with Gasteiger partial charge in [0.05, 0.1) is 0 Å². The highest BCUT2D eigenvalue weighted by atomic mass is 35.5. The molecule has 2 N–H and O–H groups in total. The molecule has 0 aliphatic rings. The summed E-state index contributed by atoms with van der Waals surface area (Å²) in [6.45, 7) is 2.74. The number of hydrogen-bond donors (Lipinski definition) is 2. The molecule has 0 aliphatic heterocycles. The second kappa shape index (κ2) is 7.63. The molecule has 0 unspecified atom stereocenters. The fraction of sp³-hybridized carbons (Fsp3) is 0.150. The van der Waals surface area contributed by atoms with E-state index in [4.69, 9.17) is 11.6 Å². The monoisotopic (exact) mass is 378 g/mol. The van der Waals surface area contributed by atoms with E-state index >= 15 is 0 Å². The van der Waals surface area contributed by atoms with Crippen molar-refractivity contribution in [2.45, 2.75) is 13.3 Å². The van der Waals surface area contributed by atoms with Gasteiger partial charge in [0.15, 0.2) is 0 Å². The van der Waals surface area contributed by atoms with Crippen LogP contribution in [0, 0.1) is 6.92 Å². The molecule has 0 bridgehead atoms. The van der Waals surface area contributed by atoms with Crippen LogP contribution < -0.4 is 10.6 Å². The molecular weight excluding hydrogens is 360 g/mol. The molecule has 0 spiro atoms. The molecule has 7 heteroatoms. The zero-order valence-corrected chi connectivity index (χ0v) is 15.6. The van der Waals surface area contributed by atoms with Crippen molar-refractivity contribution in [2.24, 2.45) is 0 Å². The summed E-state index contributed by atoms with van der Waals surface area (Å²) in [5.41, 5.74) is 2.99. The Hall–Kier alpha value is -3.12. The normalized spacial score (nSPS) is 10.9. The minimum absolute atomic E-state index is 0.474. The van der Waals surface area contributed by atoms with Crippen molar-refractivity contribution in [3.8, 4) is 0 Å². The lowest BCUT2D eigenvalue weighted by molar-refractivity contribution is 0.908. The third kappa shape index (κ3) is 4.17. The third-order valence-electron chi connectivity index (χ3n) is 4.08. The lowest BCUT2D eigenvalue weighted by Gasteiger charge is -2.08. The molecule has 6 nitrogen and oxygen atoms in total. The number of anilines is 3. The zero-order valence-electron chi connectivity index (χ0n) is 14.9. The Kier molecular flexibility index (Phi) is 4.89. The predicted molar refractivity (Wildman–Crippen MR) is 109 cm³/mol. The average Bonchev–Trinajstić information content (AvgIpc) is 3.05. The maximum atomic E-state index is 6.04. The minimum Gasteiger partial charge on any atom is -0.370 e. The van der Waals surface area contributed by atoms with Crippen molar-refractivity contribution in [2.75, 3.05) is 17.2 Å². The smallest absolute Gasteiger partial charge is 0.256 e. The molecule has 0 fully saturated rings. The number of hydrogen-bond acceptors (Lipinski definition) is 5. The molecule has 27 heavy (non-hydrogen) atoms. The van der Waals surface area contributed by atoms with E-state index in [0.717, 1.165) is 30.2 Å². The number of benzene rings is 2. The number of halogens is 1. The van der Waals surface area contributed by atoms with Gasteiger partial charge < -0.3 is 10.6 Å². The van der Waals surface area contributed by atoms with Gasteiger partial charge in [0.2, 0.25) is 5.95 Å². The molecule has 136 valence electrons. The van der Waals surface area contributed by atoms with Crippen LogP contribution in [-0.4, -0.2) is 26.1 Å². The first-order chi connectivity index (χ1) is 13.2. The van der Waals surface area contributed by atoms with Gasteiger partial charge in [-0.1, -0.05) is 48.0 Å². The Bertz CT molecular complexity index is 1060. The highest BCUT2D eigenvalue weighted by Crippen LogP contribution is 2.19. The molecular formula is C20H19ClN6. The molecule has 0 radical (unpaired) electrons. The number of aryl methyl sites for hydroxylation is 1. The first-order valence-corrected chi connectivity index (χ1v) is 9.10. The van der Waals surface area contributed by atoms with E-state index in [0.29, 0.717) is 16.7 Å². The molecule has 0 atom stereocenters. The number of aromatic nitrogens is 4. The van der Waals surface area contributed by atoms with Crippen molar-refractivity contribution < 1.29 is 0 Å². The van der Waals surface area contributed by atoms with Gasteiger partial charge in [-0.3, -0.25) is 0 Å². The molecule has 0 saturated heterocycles. The fourth-order valence-corrected chi connectivity index (χ4v) is 3.03. The van der Waals surface area contributed by atoms with E-state index in [1.54, 1.807) is 4.52 Å². The first kappa shape index (κ1) is 17.3. The van der Waals surface area contributed by atoms with Crippen LogP contribution in [0.4, 0.5) is 17.5 Å². The summed E-state index contributed by atoms with van der Waals surface area (Å²) in [7, 11) is 0. The second-order valence-corrected chi connectivity index (χ2v) is 6.66. The molecule has 2 aromatic heterocycles. The number of nitrogens with zero attached hydrogens (tertiary/aromatic N) is 4. The van der Waals surface area contributed by atoms with E-state index in [-0.39, 0.29) is 0 Å². The van der Waals surface area contributed by atoms with Crippen LogP contribution >= 0.6 is 11.6 Å². The van der Waals surface area contributed by atoms with Gasteiger partial charge >= 0.3 is 0 Å². The summed E-state index contributed by atoms with van der Waals surface area (Å²) in [4.78, 5) is 8.94. The zero-order chi connectivity index (χ0) is 18.6. The Morgan fingerprint density at radius 2 is 1.85 bits per heavy atom. The van der Waals surface area contributed by atoms with Crippen molar-refractivity contribution in [1.29, 1.82) is 0 Å². The van der Waals surface area contributed by atoms with Gasteiger partial charge in [-0.05, 0) is 37.1 Å². The van der Waals surface area contributed by atoms with Gasteiger partial charge in [0.25, 0.3) is 5.78 Å². The standard InChI is InChI=1S/C20H19ClN6/c1-14-12-18(22-11-10-15-6-3-2-4-7-15)27-20(23-14)25-19(26-27)24-17-9-5-8-16(21)13-17/h2-9,12-13,22H,10-11H2,1H3,(H,24,26). The molecule has 0 saturated carbocycles. The van der Waals surface area contributed by atoms with Crippen molar-refractivity contribution >= 4 is 34.8 Å². The van der Waals surface area contributed by atoms with Crippen LogP contribution in [0.15, 0.2) is 60.7 Å². The Morgan fingerprint density at radius 3 is 2.67 bits per heavy atom. The largest absolute Gasteiger partial charge is 0.370 e. The number of rotatable bonds is 6. The summed E-state index contributed by atoms with van der Waals surface area (Å²) in [5.74, 6) is 1.88. The molecule has 0 aliphatic carbocycles. The maximum Gasteiger partial charge on any atom is 0.256 e. The van der Waals surface area contributed by atoms with Crippen molar-refractivity contribution in [3.63, 3.8) is 0 Å². The molecule has 4 rings (SSSR count). The second-order valence-electron chi connectivity index (χ2n) is 6.23. The van der Waals surface area contributed by atoms with Gasteiger partial charge in [-0.25, -0.2) is 4.98 Å². The predicted octanol–water partition coefficient (Wildman–Crippen LogP) is 4.48. The molecule has 0 amide bonds.